The van der Waals surface area contributed by atoms with Gasteiger partial charge in [0.15, 0.2) is 0 Å². The molecule has 2 atom stereocenters. The lowest BCUT2D eigenvalue weighted by molar-refractivity contribution is 0.164. The SMILES string of the molecule is C=CC(O)CCCC(C)O. The van der Waals surface area contributed by atoms with Crippen LogP contribution in [-0.2, 0) is 0 Å². The van der Waals surface area contributed by atoms with Gasteiger partial charge in [-0.05, 0) is 26.2 Å². The Hall–Kier alpha value is -0.340. The summed E-state index contributed by atoms with van der Waals surface area (Å²) in [5.41, 5.74) is 0. The second kappa shape index (κ2) is 5.45. The molecule has 2 unspecified atom stereocenters. The molecule has 60 valence electrons. The Morgan fingerprint density at radius 2 is 2.00 bits per heavy atom. The van der Waals surface area contributed by atoms with E-state index in [1.165, 1.54) is 6.08 Å². The quantitative estimate of drug-likeness (QED) is 0.567. The Morgan fingerprint density at radius 3 is 2.40 bits per heavy atom. The van der Waals surface area contributed by atoms with Gasteiger partial charge in [-0.3, -0.25) is 0 Å². The molecule has 0 aliphatic heterocycles. The van der Waals surface area contributed by atoms with E-state index in [0.29, 0.717) is 6.42 Å². The average molecular weight is 144 g/mol. The first-order valence-electron chi connectivity index (χ1n) is 3.65. The van der Waals surface area contributed by atoms with Gasteiger partial charge in [-0.2, -0.15) is 0 Å². The number of aliphatic hydroxyl groups excluding tert-OH is 2. The van der Waals surface area contributed by atoms with Gasteiger partial charge in [0.2, 0.25) is 0 Å². The van der Waals surface area contributed by atoms with Gasteiger partial charge in [-0.15, -0.1) is 6.58 Å². The van der Waals surface area contributed by atoms with Crippen molar-refractivity contribution in [3.63, 3.8) is 0 Å². The maximum Gasteiger partial charge on any atom is 0.0718 e. The van der Waals surface area contributed by atoms with Gasteiger partial charge in [-0.1, -0.05) is 6.08 Å². The van der Waals surface area contributed by atoms with E-state index in [9.17, 15) is 0 Å². The van der Waals surface area contributed by atoms with Crippen molar-refractivity contribution in [1.29, 1.82) is 0 Å². The normalized spacial score (nSPS) is 16.3. The van der Waals surface area contributed by atoms with Gasteiger partial charge in [0.25, 0.3) is 0 Å². The number of hydrogen-bond donors (Lipinski definition) is 2. The van der Waals surface area contributed by atoms with Crippen LogP contribution in [0.2, 0.25) is 0 Å². The predicted molar refractivity (Wildman–Crippen MR) is 41.7 cm³/mol. The summed E-state index contributed by atoms with van der Waals surface area (Å²) < 4.78 is 0. The number of rotatable bonds is 5. The summed E-state index contributed by atoms with van der Waals surface area (Å²) in [4.78, 5) is 0. The minimum absolute atomic E-state index is 0.253. The Morgan fingerprint density at radius 1 is 1.40 bits per heavy atom. The monoisotopic (exact) mass is 144 g/mol. The van der Waals surface area contributed by atoms with E-state index in [1.807, 2.05) is 0 Å². The molecule has 0 aliphatic rings. The van der Waals surface area contributed by atoms with Crippen molar-refractivity contribution in [1.82, 2.24) is 0 Å². The molecule has 0 aromatic heterocycles. The summed E-state index contributed by atoms with van der Waals surface area (Å²) in [7, 11) is 0. The van der Waals surface area contributed by atoms with Crippen LogP contribution in [-0.4, -0.2) is 22.4 Å². The minimum Gasteiger partial charge on any atom is -0.393 e. The van der Waals surface area contributed by atoms with E-state index in [2.05, 4.69) is 6.58 Å². The van der Waals surface area contributed by atoms with Gasteiger partial charge in [0, 0.05) is 0 Å². The summed E-state index contributed by atoms with van der Waals surface area (Å²) in [6.45, 7) is 5.20. The zero-order valence-electron chi connectivity index (χ0n) is 6.45. The maximum absolute atomic E-state index is 8.97. The van der Waals surface area contributed by atoms with E-state index in [0.717, 1.165) is 12.8 Å². The molecule has 10 heavy (non-hydrogen) atoms. The van der Waals surface area contributed by atoms with Crippen molar-refractivity contribution in [2.24, 2.45) is 0 Å². The van der Waals surface area contributed by atoms with E-state index >= 15 is 0 Å². The van der Waals surface area contributed by atoms with Gasteiger partial charge in [-0.25, -0.2) is 0 Å². The second-order valence-electron chi connectivity index (χ2n) is 2.58. The molecular formula is C8H16O2. The summed E-state index contributed by atoms with van der Waals surface area (Å²) in [6, 6.07) is 0. The molecule has 0 radical (unpaired) electrons. The lowest BCUT2D eigenvalue weighted by Crippen LogP contribution is -2.04. The van der Waals surface area contributed by atoms with E-state index in [4.69, 9.17) is 10.2 Å². The van der Waals surface area contributed by atoms with Crippen molar-refractivity contribution in [2.45, 2.75) is 38.4 Å². The van der Waals surface area contributed by atoms with E-state index < -0.39 is 6.10 Å². The van der Waals surface area contributed by atoms with Crippen LogP contribution in [0.1, 0.15) is 26.2 Å². The van der Waals surface area contributed by atoms with Crippen molar-refractivity contribution in [3.8, 4) is 0 Å². The second-order valence-corrected chi connectivity index (χ2v) is 2.58. The molecule has 0 bridgehead atoms. The van der Waals surface area contributed by atoms with Crippen LogP contribution >= 0.6 is 0 Å². The number of hydrogen-bond acceptors (Lipinski definition) is 2. The van der Waals surface area contributed by atoms with Crippen molar-refractivity contribution < 1.29 is 10.2 Å². The lowest BCUT2D eigenvalue weighted by atomic mass is 10.1. The fraction of sp³-hybridized carbons (Fsp3) is 0.750. The van der Waals surface area contributed by atoms with Crippen LogP contribution in [0, 0.1) is 0 Å². The smallest absolute Gasteiger partial charge is 0.0718 e. The molecule has 0 saturated carbocycles. The average Bonchev–Trinajstić information content (AvgIpc) is 1.87. The van der Waals surface area contributed by atoms with Crippen LogP contribution in [0.4, 0.5) is 0 Å². The number of aliphatic hydroxyl groups is 2. The fourth-order valence-electron chi connectivity index (χ4n) is 0.740. The van der Waals surface area contributed by atoms with Crippen molar-refractivity contribution in [3.05, 3.63) is 12.7 Å². The maximum atomic E-state index is 8.97. The molecule has 0 heterocycles. The van der Waals surface area contributed by atoms with E-state index in [-0.39, 0.29) is 6.10 Å². The predicted octanol–water partition coefficient (Wildman–Crippen LogP) is 1.08. The third-order valence-corrected chi connectivity index (χ3v) is 1.39. The fourth-order valence-corrected chi connectivity index (χ4v) is 0.740. The molecule has 2 nitrogen and oxygen atoms in total. The highest BCUT2D eigenvalue weighted by Gasteiger charge is 1.99. The van der Waals surface area contributed by atoms with Gasteiger partial charge in [0.1, 0.15) is 0 Å². The molecule has 0 amide bonds. The van der Waals surface area contributed by atoms with Gasteiger partial charge in [0.05, 0.1) is 12.2 Å². The summed E-state index contributed by atoms with van der Waals surface area (Å²) >= 11 is 0. The molecule has 0 spiro atoms. The lowest BCUT2D eigenvalue weighted by Gasteiger charge is -2.05. The molecule has 0 aliphatic carbocycles. The van der Waals surface area contributed by atoms with Crippen LogP contribution in [0.5, 0.6) is 0 Å². The zero-order chi connectivity index (χ0) is 7.98. The Labute approximate surface area is 62.2 Å². The molecule has 0 rings (SSSR count). The van der Waals surface area contributed by atoms with Crippen LogP contribution in [0.3, 0.4) is 0 Å². The molecule has 2 heteroatoms. The first kappa shape index (κ1) is 9.66. The summed E-state index contributed by atoms with van der Waals surface area (Å²) in [5.74, 6) is 0. The van der Waals surface area contributed by atoms with Gasteiger partial charge >= 0.3 is 0 Å². The summed E-state index contributed by atoms with van der Waals surface area (Å²) in [6.07, 6.45) is 3.17. The zero-order valence-corrected chi connectivity index (χ0v) is 6.45. The highest BCUT2D eigenvalue weighted by molar-refractivity contribution is 4.77. The Bertz CT molecular complexity index is 89.3. The summed E-state index contributed by atoms with van der Waals surface area (Å²) in [5, 5.41) is 17.8. The first-order chi connectivity index (χ1) is 4.66. The van der Waals surface area contributed by atoms with Crippen LogP contribution < -0.4 is 0 Å². The van der Waals surface area contributed by atoms with Crippen LogP contribution in [0.25, 0.3) is 0 Å². The van der Waals surface area contributed by atoms with E-state index in [1.54, 1.807) is 6.92 Å². The molecule has 0 aromatic rings. The van der Waals surface area contributed by atoms with Gasteiger partial charge < -0.3 is 10.2 Å². The molecule has 0 aromatic carbocycles. The first-order valence-corrected chi connectivity index (χ1v) is 3.65. The van der Waals surface area contributed by atoms with Crippen LogP contribution in [0.15, 0.2) is 12.7 Å². The minimum atomic E-state index is -0.404. The standard InChI is InChI=1S/C8H16O2/c1-3-8(10)6-4-5-7(2)9/h3,7-10H,1,4-6H2,2H3. The Kier molecular flexibility index (Phi) is 5.26. The largest absolute Gasteiger partial charge is 0.393 e. The molecular weight excluding hydrogens is 128 g/mol. The topological polar surface area (TPSA) is 40.5 Å². The molecule has 0 fully saturated rings. The van der Waals surface area contributed by atoms with Crippen molar-refractivity contribution >= 4 is 0 Å². The third-order valence-electron chi connectivity index (χ3n) is 1.39. The van der Waals surface area contributed by atoms with Crippen molar-refractivity contribution in [2.75, 3.05) is 0 Å². The highest BCUT2D eigenvalue weighted by atomic mass is 16.3. The Balaban J connectivity index is 3.11. The highest BCUT2D eigenvalue weighted by Crippen LogP contribution is 2.03. The third kappa shape index (κ3) is 5.79. The molecule has 2 N–H and O–H groups in total. The molecule has 0 saturated heterocycles.